The Kier molecular flexibility index (Phi) is 6.46. The fourth-order valence-corrected chi connectivity index (χ4v) is 2.44. The summed E-state index contributed by atoms with van der Waals surface area (Å²) in [4.78, 5) is 10.6. The molecule has 0 aliphatic carbocycles. The lowest BCUT2D eigenvalue weighted by Gasteiger charge is -2.15. The Morgan fingerprint density at radius 1 is 1.21 bits per heavy atom. The summed E-state index contributed by atoms with van der Waals surface area (Å²) in [6.07, 6.45) is 0. The number of methoxy groups -OCH3 is 1. The van der Waals surface area contributed by atoms with E-state index in [1.165, 1.54) is 0 Å². The summed E-state index contributed by atoms with van der Waals surface area (Å²) in [6, 6.07) is 11.4. The van der Waals surface area contributed by atoms with Crippen LogP contribution in [0.4, 0.5) is 0 Å². The van der Waals surface area contributed by atoms with Crippen LogP contribution in [-0.4, -0.2) is 24.7 Å². The van der Waals surface area contributed by atoms with Crippen LogP contribution in [0, 0.1) is 6.92 Å². The molecule has 0 fully saturated rings. The Labute approximate surface area is 146 Å². The SMILES string of the molecule is COc1cc(CNCC(=O)O)c(Cl)cc1OCc1ccccc1C. The predicted octanol–water partition coefficient (Wildman–Crippen LogP) is 3.41. The van der Waals surface area contributed by atoms with Gasteiger partial charge >= 0.3 is 5.97 Å². The molecule has 5 nitrogen and oxygen atoms in total. The summed E-state index contributed by atoms with van der Waals surface area (Å²) in [6.45, 7) is 2.64. The molecule has 0 spiro atoms. The van der Waals surface area contributed by atoms with Crippen molar-refractivity contribution in [2.45, 2.75) is 20.1 Å². The Hall–Kier alpha value is -2.24. The Bertz CT molecular complexity index is 718. The van der Waals surface area contributed by atoms with E-state index in [9.17, 15) is 4.79 Å². The number of carboxylic acid groups (broad SMARTS) is 1. The van der Waals surface area contributed by atoms with Gasteiger partial charge in [0, 0.05) is 17.6 Å². The normalized spacial score (nSPS) is 10.5. The van der Waals surface area contributed by atoms with E-state index in [1.54, 1.807) is 19.2 Å². The predicted molar refractivity (Wildman–Crippen MR) is 92.9 cm³/mol. The quantitative estimate of drug-likeness (QED) is 0.764. The van der Waals surface area contributed by atoms with Crippen molar-refractivity contribution >= 4 is 17.6 Å². The summed E-state index contributed by atoms with van der Waals surface area (Å²) in [5, 5.41) is 12.0. The first kappa shape index (κ1) is 18.1. The maximum absolute atomic E-state index is 10.6. The molecule has 0 atom stereocenters. The highest BCUT2D eigenvalue weighted by Crippen LogP contribution is 2.34. The maximum Gasteiger partial charge on any atom is 0.317 e. The molecule has 0 saturated heterocycles. The number of hydrogen-bond acceptors (Lipinski definition) is 4. The van der Waals surface area contributed by atoms with Crippen LogP contribution in [0.5, 0.6) is 11.5 Å². The van der Waals surface area contributed by atoms with E-state index in [0.717, 1.165) is 16.7 Å². The minimum Gasteiger partial charge on any atom is -0.493 e. The zero-order chi connectivity index (χ0) is 17.5. The van der Waals surface area contributed by atoms with Crippen LogP contribution in [-0.2, 0) is 17.9 Å². The summed E-state index contributed by atoms with van der Waals surface area (Å²) in [5.41, 5.74) is 2.98. The molecule has 2 rings (SSSR count). The van der Waals surface area contributed by atoms with Gasteiger partial charge in [-0.3, -0.25) is 4.79 Å². The summed E-state index contributed by atoms with van der Waals surface area (Å²) < 4.78 is 11.2. The van der Waals surface area contributed by atoms with Crippen molar-refractivity contribution in [3.63, 3.8) is 0 Å². The smallest absolute Gasteiger partial charge is 0.317 e. The van der Waals surface area contributed by atoms with Crippen LogP contribution >= 0.6 is 11.6 Å². The van der Waals surface area contributed by atoms with Crippen molar-refractivity contribution in [2.24, 2.45) is 0 Å². The molecule has 0 amide bonds. The van der Waals surface area contributed by atoms with Gasteiger partial charge in [-0.05, 0) is 29.7 Å². The fourth-order valence-electron chi connectivity index (χ4n) is 2.22. The number of ether oxygens (including phenoxy) is 2. The molecule has 0 aliphatic heterocycles. The molecule has 0 saturated carbocycles. The number of benzene rings is 2. The number of aryl methyl sites for hydroxylation is 1. The third-order valence-electron chi connectivity index (χ3n) is 3.57. The van der Waals surface area contributed by atoms with Gasteiger partial charge in [0.2, 0.25) is 0 Å². The number of carbonyl (C=O) groups is 1. The number of halogens is 1. The zero-order valence-electron chi connectivity index (χ0n) is 13.6. The van der Waals surface area contributed by atoms with Crippen LogP contribution in [0.15, 0.2) is 36.4 Å². The molecule has 2 aromatic rings. The number of rotatable bonds is 8. The van der Waals surface area contributed by atoms with Gasteiger partial charge in [-0.2, -0.15) is 0 Å². The van der Waals surface area contributed by atoms with Crippen LogP contribution < -0.4 is 14.8 Å². The van der Waals surface area contributed by atoms with Gasteiger partial charge in [0.05, 0.1) is 13.7 Å². The average Bonchev–Trinajstić information content (AvgIpc) is 2.55. The molecule has 128 valence electrons. The molecule has 0 radical (unpaired) electrons. The summed E-state index contributed by atoms with van der Waals surface area (Å²) in [5.74, 6) is 0.184. The van der Waals surface area contributed by atoms with E-state index < -0.39 is 5.97 Å². The molecule has 24 heavy (non-hydrogen) atoms. The summed E-state index contributed by atoms with van der Waals surface area (Å²) >= 11 is 6.26. The highest BCUT2D eigenvalue weighted by atomic mass is 35.5. The second-order valence-electron chi connectivity index (χ2n) is 5.31. The van der Waals surface area contributed by atoms with Crippen LogP contribution in [0.1, 0.15) is 16.7 Å². The van der Waals surface area contributed by atoms with Gasteiger partial charge in [0.15, 0.2) is 11.5 Å². The standard InChI is InChI=1S/C18H20ClNO4/c1-12-5-3-4-6-13(12)11-24-17-8-15(19)14(7-16(17)23-2)9-20-10-18(21)22/h3-8,20H,9-11H2,1-2H3,(H,21,22). The van der Waals surface area contributed by atoms with Crippen molar-refractivity contribution in [2.75, 3.05) is 13.7 Å². The molecular formula is C18H20ClNO4. The van der Waals surface area contributed by atoms with E-state index in [4.69, 9.17) is 26.2 Å². The Balaban J connectivity index is 2.11. The number of hydrogen-bond donors (Lipinski definition) is 2. The van der Waals surface area contributed by atoms with Crippen LogP contribution in [0.25, 0.3) is 0 Å². The number of carboxylic acids is 1. The summed E-state index contributed by atoms with van der Waals surface area (Å²) in [7, 11) is 1.55. The van der Waals surface area contributed by atoms with Crippen LogP contribution in [0.3, 0.4) is 0 Å². The molecule has 2 N–H and O–H groups in total. The first-order valence-electron chi connectivity index (χ1n) is 7.47. The van der Waals surface area contributed by atoms with E-state index in [2.05, 4.69) is 5.32 Å². The van der Waals surface area contributed by atoms with Gasteiger partial charge in [-0.15, -0.1) is 0 Å². The monoisotopic (exact) mass is 349 g/mol. The van der Waals surface area contributed by atoms with Crippen molar-refractivity contribution in [3.8, 4) is 11.5 Å². The lowest BCUT2D eigenvalue weighted by Crippen LogP contribution is -2.22. The van der Waals surface area contributed by atoms with Crippen molar-refractivity contribution in [1.29, 1.82) is 0 Å². The van der Waals surface area contributed by atoms with Crippen LogP contribution in [0.2, 0.25) is 5.02 Å². The average molecular weight is 350 g/mol. The third-order valence-corrected chi connectivity index (χ3v) is 3.92. The molecule has 6 heteroatoms. The van der Waals surface area contributed by atoms with E-state index in [-0.39, 0.29) is 6.54 Å². The molecular weight excluding hydrogens is 330 g/mol. The van der Waals surface area contributed by atoms with Gasteiger partial charge in [0.1, 0.15) is 6.61 Å². The highest BCUT2D eigenvalue weighted by Gasteiger charge is 2.11. The molecule has 0 aromatic heterocycles. The lowest BCUT2D eigenvalue weighted by molar-refractivity contribution is -0.135. The molecule has 2 aromatic carbocycles. The molecule has 0 heterocycles. The minimum absolute atomic E-state index is 0.135. The first-order valence-corrected chi connectivity index (χ1v) is 7.85. The van der Waals surface area contributed by atoms with Crippen molar-refractivity contribution in [1.82, 2.24) is 5.32 Å². The van der Waals surface area contributed by atoms with E-state index in [1.807, 2.05) is 31.2 Å². The van der Waals surface area contributed by atoms with Gasteiger partial charge in [-0.1, -0.05) is 35.9 Å². The van der Waals surface area contributed by atoms with Gasteiger partial charge in [0.25, 0.3) is 0 Å². The van der Waals surface area contributed by atoms with E-state index >= 15 is 0 Å². The second-order valence-corrected chi connectivity index (χ2v) is 5.71. The molecule has 0 unspecified atom stereocenters. The topological polar surface area (TPSA) is 67.8 Å². The highest BCUT2D eigenvalue weighted by molar-refractivity contribution is 6.31. The van der Waals surface area contributed by atoms with Gasteiger partial charge < -0.3 is 19.9 Å². The molecule has 0 bridgehead atoms. The Morgan fingerprint density at radius 2 is 1.96 bits per heavy atom. The largest absolute Gasteiger partial charge is 0.493 e. The first-order chi connectivity index (χ1) is 11.5. The van der Waals surface area contributed by atoms with Crippen molar-refractivity contribution < 1.29 is 19.4 Å². The minimum atomic E-state index is -0.920. The van der Waals surface area contributed by atoms with Gasteiger partial charge in [-0.25, -0.2) is 0 Å². The number of nitrogens with one attached hydrogen (secondary N) is 1. The number of aliphatic carboxylic acids is 1. The lowest BCUT2D eigenvalue weighted by atomic mass is 10.1. The maximum atomic E-state index is 10.6. The molecule has 0 aliphatic rings. The fraction of sp³-hybridized carbons (Fsp3) is 0.278. The zero-order valence-corrected chi connectivity index (χ0v) is 14.4. The van der Waals surface area contributed by atoms with E-state index in [0.29, 0.717) is 29.7 Å². The second kappa shape index (κ2) is 8.57. The Morgan fingerprint density at radius 3 is 2.62 bits per heavy atom. The van der Waals surface area contributed by atoms with Crippen molar-refractivity contribution in [3.05, 3.63) is 58.1 Å². The third kappa shape index (κ3) is 4.88.